The highest BCUT2D eigenvalue weighted by Crippen LogP contribution is 2.14. The summed E-state index contributed by atoms with van der Waals surface area (Å²) in [6, 6.07) is 0. The van der Waals surface area contributed by atoms with Crippen LogP contribution in [-0.2, 0) is 4.74 Å². The number of aliphatic hydroxyl groups excluding tert-OH is 2. The van der Waals surface area contributed by atoms with Crippen LogP contribution in [-0.4, -0.2) is 34.3 Å². The first kappa shape index (κ1) is 6.35. The van der Waals surface area contributed by atoms with Gasteiger partial charge in [-0.1, -0.05) is 0 Å². The summed E-state index contributed by atoms with van der Waals surface area (Å²) in [6.45, 7) is 0. The Balaban J connectivity index is 2.23. The molecular formula is C4H8O3S. The molecule has 1 fully saturated rings. The Kier molecular flexibility index (Phi) is 2.13. The lowest BCUT2D eigenvalue weighted by atomic mass is 10.7. The van der Waals surface area contributed by atoms with Crippen LogP contribution in [0, 0.1) is 0 Å². The van der Waals surface area contributed by atoms with E-state index in [4.69, 9.17) is 10.2 Å². The Morgan fingerprint density at radius 2 is 1.75 bits per heavy atom. The van der Waals surface area contributed by atoms with Gasteiger partial charge in [0.1, 0.15) is 0 Å². The van der Waals surface area contributed by atoms with Gasteiger partial charge in [0.15, 0.2) is 12.6 Å². The summed E-state index contributed by atoms with van der Waals surface area (Å²) in [5.74, 6) is 1.13. The van der Waals surface area contributed by atoms with E-state index in [1.54, 1.807) is 0 Å². The van der Waals surface area contributed by atoms with Crippen LogP contribution in [0.1, 0.15) is 0 Å². The molecule has 0 aliphatic carbocycles. The van der Waals surface area contributed by atoms with Crippen molar-refractivity contribution in [3.05, 3.63) is 0 Å². The molecule has 1 saturated heterocycles. The van der Waals surface area contributed by atoms with Crippen molar-refractivity contribution in [2.24, 2.45) is 0 Å². The van der Waals surface area contributed by atoms with Crippen LogP contribution in [0.5, 0.6) is 0 Å². The molecule has 0 aromatic heterocycles. The molecule has 0 saturated carbocycles. The molecule has 0 radical (unpaired) electrons. The minimum absolute atomic E-state index is 0.567. The van der Waals surface area contributed by atoms with E-state index in [2.05, 4.69) is 4.74 Å². The molecule has 0 amide bonds. The van der Waals surface area contributed by atoms with Gasteiger partial charge < -0.3 is 14.9 Å². The molecular weight excluding hydrogens is 128 g/mol. The van der Waals surface area contributed by atoms with Gasteiger partial charge in [-0.2, -0.15) is 11.8 Å². The summed E-state index contributed by atoms with van der Waals surface area (Å²) in [5, 5.41) is 17.4. The first-order valence-electron chi connectivity index (χ1n) is 2.38. The van der Waals surface area contributed by atoms with Crippen molar-refractivity contribution in [2.75, 3.05) is 11.5 Å². The highest BCUT2D eigenvalue weighted by atomic mass is 32.2. The first-order valence-corrected chi connectivity index (χ1v) is 3.54. The van der Waals surface area contributed by atoms with Crippen LogP contribution >= 0.6 is 11.8 Å². The maximum absolute atomic E-state index is 8.68. The van der Waals surface area contributed by atoms with Gasteiger partial charge in [0.2, 0.25) is 0 Å². The lowest BCUT2D eigenvalue weighted by molar-refractivity contribution is -0.190. The lowest BCUT2D eigenvalue weighted by Crippen LogP contribution is -2.30. The smallest absolute Gasteiger partial charge is 0.166 e. The largest absolute Gasteiger partial charge is 0.367 e. The standard InChI is InChI=1S/C4H8O3S/c5-3-1-8-2-4(6)7-3/h3-6H,1-2H2. The van der Waals surface area contributed by atoms with Crippen molar-refractivity contribution in [3.8, 4) is 0 Å². The molecule has 0 aromatic carbocycles. The molecule has 4 heteroatoms. The van der Waals surface area contributed by atoms with Crippen molar-refractivity contribution < 1.29 is 14.9 Å². The van der Waals surface area contributed by atoms with Gasteiger partial charge in [0, 0.05) is 11.5 Å². The van der Waals surface area contributed by atoms with E-state index in [-0.39, 0.29) is 0 Å². The van der Waals surface area contributed by atoms with Crippen LogP contribution < -0.4 is 0 Å². The van der Waals surface area contributed by atoms with Crippen LogP contribution in [0.15, 0.2) is 0 Å². The number of ether oxygens (including phenoxy) is 1. The predicted octanol–water partition coefficient (Wildman–Crippen LogP) is -0.613. The third-order valence-corrected chi connectivity index (χ3v) is 1.88. The second-order valence-electron chi connectivity index (χ2n) is 1.58. The average Bonchev–Trinajstić information content (AvgIpc) is 1.64. The summed E-state index contributed by atoms with van der Waals surface area (Å²) in [6.07, 6.45) is -1.55. The van der Waals surface area contributed by atoms with Gasteiger partial charge >= 0.3 is 0 Å². The molecule has 0 bridgehead atoms. The summed E-state index contributed by atoms with van der Waals surface area (Å²) < 4.78 is 4.58. The highest BCUT2D eigenvalue weighted by molar-refractivity contribution is 7.99. The number of hydrogen-bond donors (Lipinski definition) is 2. The van der Waals surface area contributed by atoms with Crippen LogP contribution in [0.2, 0.25) is 0 Å². The van der Waals surface area contributed by atoms with Gasteiger partial charge in [-0.15, -0.1) is 0 Å². The summed E-state index contributed by atoms with van der Waals surface area (Å²) >= 11 is 1.49. The Labute approximate surface area is 51.7 Å². The Bertz CT molecular complexity index is 69.7. The van der Waals surface area contributed by atoms with E-state index in [0.717, 1.165) is 0 Å². The van der Waals surface area contributed by atoms with E-state index in [1.807, 2.05) is 0 Å². The summed E-state index contributed by atoms with van der Waals surface area (Å²) in [4.78, 5) is 0. The van der Waals surface area contributed by atoms with Gasteiger partial charge in [-0.3, -0.25) is 0 Å². The molecule has 2 atom stereocenters. The zero-order valence-corrected chi connectivity index (χ0v) is 5.10. The van der Waals surface area contributed by atoms with Gasteiger partial charge in [0.25, 0.3) is 0 Å². The van der Waals surface area contributed by atoms with E-state index in [0.29, 0.717) is 11.5 Å². The summed E-state index contributed by atoms with van der Waals surface area (Å²) in [7, 11) is 0. The maximum atomic E-state index is 8.68. The highest BCUT2D eigenvalue weighted by Gasteiger charge is 2.17. The minimum Gasteiger partial charge on any atom is -0.367 e. The second-order valence-corrected chi connectivity index (χ2v) is 2.66. The van der Waals surface area contributed by atoms with Crippen LogP contribution in [0.25, 0.3) is 0 Å². The van der Waals surface area contributed by atoms with E-state index in [9.17, 15) is 0 Å². The molecule has 3 nitrogen and oxygen atoms in total. The molecule has 8 heavy (non-hydrogen) atoms. The zero-order valence-electron chi connectivity index (χ0n) is 4.28. The maximum Gasteiger partial charge on any atom is 0.166 e. The number of aliphatic hydroxyl groups is 2. The van der Waals surface area contributed by atoms with Gasteiger partial charge in [-0.25, -0.2) is 0 Å². The zero-order chi connectivity index (χ0) is 5.98. The number of thioether (sulfide) groups is 1. The van der Waals surface area contributed by atoms with Gasteiger partial charge in [0.05, 0.1) is 0 Å². The van der Waals surface area contributed by atoms with E-state index in [1.165, 1.54) is 11.8 Å². The Morgan fingerprint density at radius 3 is 2.00 bits per heavy atom. The van der Waals surface area contributed by atoms with Crippen molar-refractivity contribution >= 4 is 11.8 Å². The molecule has 1 rings (SSSR count). The van der Waals surface area contributed by atoms with Crippen LogP contribution in [0.4, 0.5) is 0 Å². The van der Waals surface area contributed by atoms with Crippen molar-refractivity contribution in [2.45, 2.75) is 12.6 Å². The predicted molar refractivity (Wildman–Crippen MR) is 30.4 cm³/mol. The Morgan fingerprint density at radius 1 is 1.25 bits per heavy atom. The fourth-order valence-electron chi connectivity index (χ4n) is 0.530. The van der Waals surface area contributed by atoms with E-state index >= 15 is 0 Å². The van der Waals surface area contributed by atoms with Gasteiger partial charge in [-0.05, 0) is 0 Å². The fraction of sp³-hybridized carbons (Fsp3) is 1.00. The van der Waals surface area contributed by atoms with E-state index < -0.39 is 12.6 Å². The molecule has 1 heterocycles. The second kappa shape index (κ2) is 2.68. The normalized spacial score (nSPS) is 39.8. The molecule has 1 aliphatic heterocycles. The quantitative estimate of drug-likeness (QED) is 0.466. The molecule has 48 valence electrons. The molecule has 2 N–H and O–H groups in total. The molecule has 1 aliphatic rings. The van der Waals surface area contributed by atoms with Crippen molar-refractivity contribution in [1.82, 2.24) is 0 Å². The first-order chi connectivity index (χ1) is 3.79. The molecule has 0 spiro atoms. The lowest BCUT2D eigenvalue weighted by Gasteiger charge is -2.21. The third kappa shape index (κ3) is 1.63. The SMILES string of the molecule is OC1CSCC(O)O1. The molecule has 0 aromatic rings. The van der Waals surface area contributed by atoms with Crippen molar-refractivity contribution in [3.63, 3.8) is 0 Å². The van der Waals surface area contributed by atoms with Crippen LogP contribution in [0.3, 0.4) is 0 Å². The minimum atomic E-state index is -0.774. The molecule has 2 unspecified atom stereocenters. The average molecular weight is 136 g/mol. The Hall–Kier alpha value is 0.230. The topological polar surface area (TPSA) is 49.7 Å². The summed E-state index contributed by atoms with van der Waals surface area (Å²) in [5.41, 5.74) is 0. The number of rotatable bonds is 0. The fourth-order valence-corrected chi connectivity index (χ4v) is 1.23. The monoisotopic (exact) mass is 136 g/mol. The number of hydrogen-bond acceptors (Lipinski definition) is 4. The third-order valence-electron chi connectivity index (χ3n) is 0.835. The van der Waals surface area contributed by atoms with Crippen molar-refractivity contribution in [1.29, 1.82) is 0 Å².